The first kappa shape index (κ1) is 18.3. The van der Waals surface area contributed by atoms with Crippen molar-refractivity contribution >= 4 is 45.7 Å². The van der Waals surface area contributed by atoms with Crippen molar-refractivity contribution in [1.82, 2.24) is 5.32 Å². The number of anilines is 1. The Morgan fingerprint density at radius 2 is 2.15 bits per heavy atom. The van der Waals surface area contributed by atoms with E-state index in [1.165, 1.54) is 11.0 Å². The first-order valence-electron chi connectivity index (χ1n) is 8.46. The van der Waals surface area contributed by atoms with Crippen molar-refractivity contribution in [1.29, 1.82) is 5.26 Å². The van der Waals surface area contributed by atoms with E-state index in [4.69, 9.17) is 12.2 Å². The summed E-state index contributed by atoms with van der Waals surface area (Å²) in [5.74, 6) is 0.329. The Morgan fingerprint density at radius 1 is 1.38 bits per heavy atom. The van der Waals surface area contributed by atoms with Crippen LogP contribution in [0.4, 0.5) is 5.00 Å². The molecular formula is C20H19N3OS2. The van der Waals surface area contributed by atoms with E-state index in [0.717, 1.165) is 35.4 Å². The molecule has 1 amide bonds. The smallest absolute Gasteiger partial charge is 0.250 e. The van der Waals surface area contributed by atoms with Crippen LogP contribution in [0.25, 0.3) is 6.08 Å². The van der Waals surface area contributed by atoms with E-state index in [1.54, 1.807) is 17.4 Å². The summed E-state index contributed by atoms with van der Waals surface area (Å²) < 4.78 is 0. The Morgan fingerprint density at radius 3 is 2.88 bits per heavy atom. The molecule has 1 aliphatic rings. The van der Waals surface area contributed by atoms with Gasteiger partial charge in [-0.1, -0.05) is 37.3 Å². The van der Waals surface area contributed by atoms with Gasteiger partial charge in [0, 0.05) is 11.0 Å². The van der Waals surface area contributed by atoms with Crippen molar-refractivity contribution in [3.8, 4) is 6.07 Å². The highest BCUT2D eigenvalue weighted by molar-refractivity contribution is 7.80. The number of nitriles is 1. The fourth-order valence-electron chi connectivity index (χ4n) is 2.98. The zero-order valence-electron chi connectivity index (χ0n) is 14.4. The Kier molecular flexibility index (Phi) is 5.82. The summed E-state index contributed by atoms with van der Waals surface area (Å²) >= 11 is 6.80. The van der Waals surface area contributed by atoms with Crippen molar-refractivity contribution in [3.63, 3.8) is 0 Å². The van der Waals surface area contributed by atoms with Crippen molar-refractivity contribution in [2.45, 2.75) is 26.2 Å². The van der Waals surface area contributed by atoms with Gasteiger partial charge in [0.2, 0.25) is 5.91 Å². The van der Waals surface area contributed by atoms with Crippen LogP contribution in [0, 0.1) is 17.2 Å². The zero-order valence-corrected chi connectivity index (χ0v) is 16.0. The summed E-state index contributed by atoms with van der Waals surface area (Å²) in [7, 11) is 0. The third-order valence-corrected chi connectivity index (χ3v) is 5.69. The van der Waals surface area contributed by atoms with Crippen LogP contribution in [0.15, 0.2) is 36.4 Å². The van der Waals surface area contributed by atoms with Crippen LogP contribution in [-0.2, 0) is 17.6 Å². The summed E-state index contributed by atoms with van der Waals surface area (Å²) in [4.78, 5) is 13.3. The molecule has 0 unspecified atom stereocenters. The molecule has 0 radical (unpaired) electrons. The zero-order chi connectivity index (χ0) is 18.5. The molecule has 0 saturated carbocycles. The number of hydrogen-bond acceptors (Lipinski definition) is 4. The second kappa shape index (κ2) is 8.26. The van der Waals surface area contributed by atoms with Gasteiger partial charge >= 0.3 is 0 Å². The molecule has 26 heavy (non-hydrogen) atoms. The normalized spacial score (nSPS) is 15.9. The van der Waals surface area contributed by atoms with E-state index in [1.807, 2.05) is 30.3 Å². The van der Waals surface area contributed by atoms with Gasteiger partial charge < -0.3 is 5.32 Å². The molecule has 4 nitrogen and oxygen atoms in total. The van der Waals surface area contributed by atoms with Crippen molar-refractivity contribution in [2.75, 3.05) is 5.32 Å². The summed E-state index contributed by atoms with van der Waals surface area (Å²) in [6.45, 7) is 2.23. The number of carbonyl (C=O) groups is 1. The van der Waals surface area contributed by atoms with E-state index in [0.29, 0.717) is 11.5 Å². The third-order valence-electron chi connectivity index (χ3n) is 4.31. The molecule has 2 aromatic rings. The third kappa shape index (κ3) is 4.37. The SMILES string of the molecule is C[C@@H]1CCc2c(sc(NC(=S)NC(=O)/C=C/c3ccccc3)c2C#N)C1. The molecule has 6 heteroatoms. The van der Waals surface area contributed by atoms with Crippen LogP contribution in [-0.4, -0.2) is 11.0 Å². The first-order valence-corrected chi connectivity index (χ1v) is 9.69. The van der Waals surface area contributed by atoms with E-state index in [9.17, 15) is 10.1 Å². The lowest BCUT2D eigenvalue weighted by Gasteiger charge is -2.17. The molecule has 0 aliphatic heterocycles. The minimum atomic E-state index is -0.306. The van der Waals surface area contributed by atoms with Gasteiger partial charge in [-0.15, -0.1) is 11.3 Å². The highest BCUT2D eigenvalue weighted by Crippen LogP contribution is 2.39. The molecule has 1 aromatic carbocycles. The quantitative estimate of drug-likeness (QED) is 0.615. The predicted octanol–water partition coefficient (Wildman–Crippen LogP) is 4.27. The molecule has 0 bridgehead atoms. The molecule has 2 N–H and O–H groups in total. The maximum atomic E-state index is 12.0. The van der Waals surface area contributed by atoms with Crippen LogP contribution in [0.3, 0.4) is 0 Å². The van der Waals surface area contributed by atoms with Gasteiger partial charge in [0.15, 0.2) is 5.11 Å². The standard InChI is InChI=1S/C20H19N3OS2/c1-13-7-9-15-16(12-21)19(26-17(15)11-13)23-20(25)22-18(24)10-8-14-5-3-2-4-6-14/h2-6,8,10,13H,7,9,11H2,1H3,(H2,22,23,24,25)/b10-8+/t13-/m1/s1. The average molecular weight is 382 g/mol. The van der Waals surface area contributed by atoms with Gasteiger partial charge in [-0.05, 0) is 54.6 Å². The summed E-state index contributed by atoms with van der Waals surface area (Å²) in [6, 6.07) is 11.9. The molecule has 1 aliphatic carbocycles. The van der Waals surface area contributed by atoms with Gasteiger partial charge in [-0.2, -0.15) is 5.26 Å². The molecule has 1 aromatic heterocycles. The summed E-state index contributed by atoms with van der Waals surface area (Å²) in [6.07, 6.45) is 6.19. The number of rotatable bonds is 3. The molecule has 1 heterocycles. The second-order valence-corrected chi connectivity index (χ2v) is 7.87. The lowest BCUT2D eigenvalue weighted by Crippen LogP contribution is -2.32. The van der Waals surface area contributed by atoms with Crippen LogP contribution in [0.5, 0.6) is 0 Å². The van der Waals surface area contributed by atoms with Crippen molar-refractivity contribution in [3.05, 3.63) is 58.0 Å². The first-order chi connectivity index (χ1) is 12.6. The van der Waals surface area contributed by atoms with Crippen LogP contribution < -0.4 is 10.6 Å². The minimum absolute atomic E-state index is 0.204. The Hall–Kier alpha value is -2.49. The predicted molar refractivity (Wildman–Crippen MR) is 110 cm³/mol. The number of nitrogens with zero attached hydrogens (tertiary/aromatic N) is 1. The average Bonchev–Trinajstić information content (AvgIpc) is 2.96. The Balaban J connectivity index is 1.64. The van der Waals surface area contributed by atoms with E-state index in [2.05, 4.69) is 23.6 Å². The highest BCUT2D eigenvalue weighted by atomic mass is 32.1. The molecule has 132 valence electrons. The van der Waals surface area contributed by atoms with Gasteiger partial charge in [-0.25, -0.2) is 0 Å². The molecular weight excluding hydrogens is 362 g/mol. The lowest BCUT2D eigenvalue weighted by atomic mass is 9.89. The topological polar surface area (TPSA) is 64.9 Å². The van der Waals surface area contributed by atoms with Crippen LogP contribution in [0.2, 0.25) is 0 Å². The molecule has 0 spiro atoms. The van der Waals surface area contributed by atoms with E-state index < -0.39 is 0 Å². The van der Waals surface area contributed by atoms with Crippen LogP contribution in [0.1, 0.15) is 34.9 Å². The number of benzene rings is 1. The molecule has 0 fully saturated rings. The number of hydrogen-bond donors (Lipinski definition) is 2. The number of thiophene rings is 1. The maximum absolute atomic E-state index is 12.0. The lowest BCUT2D eigenvalue weighted by molar-refractivity contribution is -0.115. The minimum Gasteiger partial charge on any atom is -0.323 e. The molecule has 0 saturated heterocycles. The van der Waals surface area contributed by atoms with Gasteiger partial charge in [0.1, 0.15) is 11.1 Å². The molecule has 1 atom stereocenters. The Bertz CT molecular complexity index is 894. The second-order valence-electron chi connectivity index (χ2n) is 6.36. The van der Waals surface area contributed by atoms with Gasteiger partial charge in [0.25, 0.3) is 0 Å². The number of nitrogens with one attached hydrogen (secondary N) is 2. The van der Waals surface area contributed by atoms with Crippen molar-refractivity contribution < 1.29 is 4.79 Å². The maximum Gasteiger partial charge on any atom is 0.250 e. The highest BCUT2D eigenvalue weighted by Gasteiger charge is 2.24. The van der Waals surface area contributed by atoms with Crippen molar-refractivity contribution in [2.24, 2.45) is 5.92 Å². The summed E-state index contributed by atoms with van der Waals surface area (Å²) in [5.41, 5.74) is 2.73. The Labute approximate surface area is 162 Å². The fraction of sp³-hybridized carbons (Fsp3) is 0.250. The van der Waals surface area contributed by atoms with Crippen LogP contribution >= 0.6 is 23.6 Å². The molecule has 3 rings (SSSR count). The van der Waals surface area contributed by atoms with E-state index in [-0.39, 0.29) is 11.0 Å². The number of thiocarbonyl (C=S) groups is 1. The number of amides is 1. The summed E-state index contributed by atoms with van der Waals surface area (Å²) in [5, 5.41) is 16.1. The largest absolute Gasteiger partial charge is 0.323 e. The van der Waals surface area contributed by atoms with Gasteiger partial charge in [-0.3, -0.25) is 10.1 Å². The monoisotopic (exact) mass is 381 g/mol. The number of fused-ring (bicyclic) bond motifs is 1. The number of carbonyl (C=O) groups excluding carboxylic acids is 1. The fourth-order valence-corrected chi connectivity index (χ4v) is 4.61. The van der Waals surface area contributed by atoms with Gasteiger partial charge in [0.05, 0.1) is 5.56 Å². The van der Waals surface area contributed by atoms with E-state index >= 15 is 0 Å².